The molecule has 0 spiro atoms. The van der Waals surface area contributed by atoms with E-state index in [-0.39, 0.29) is 0 Å². The van der Waals surface area contributed by atoms with Gasteiger partial charge in [0.2, 0.25) is 0 Å². The van der Waals surface area contributed by atoms with Gasteiger partial charge in [0.1, 0.15) is 0 Å². The third-order valence-electron chi connectivity index (χ3n) is 4.88. The van der Waals surface area contributed by atoms with Crippen LogP contribution in [0.2, 0.25) is 0 Å². The van der Waals surface area contributed by atoms with Gasteiger partial charge in [0, 0.05) is 57.9 Å². The van der Waals surface area contributed by atoms with E-state index in [1.54, 1.807) is 0 Å². The summed E-state index contributed by atoms with van der Waals surface area (Å²) >= 11 is 0. The Bertz CT molecular complexity index is 533. The van der Waals surface area contributed by atoms with Crippen LogP contribution < -0.4 is 0 Å². The van der Waals surface area contributed by atoms with Crippen LogP contribution in [0.25, 0.3) is 0 Å². The Morgan fingerprint density at radius 1 is 0.864 bits per heavy atom. The monoisotopic (exact) mass is 294 g/mol. The maximum atomic E-state index is 4.45. The molecule has 0 aliphatic carbocycles. The molecule has 4 heteroatoms. The van der Waals surface area contributed by atoms with Gasteiger partial charge in [0.15, 0.2) is 0 Å². The molecule has 114 valence electrons. The van der Waals surface area contributed by atoms with Crippen LogP contribution in [0.15, 0.2) is 48.9 Å². The lowest BCUT2D eigenvalue weighted by molar-refractivity contribution is 0.244. The molecule has 0 saturated carbocycles. The van der Waals surface area contributed by atoms with Crippen molar-refractivity contribution in [3.63, 3.8) is 0 Å². The Labute approximate surface area is 131 Å². The van der Waals surface area contributed by atoms with Gasteiger partial charge in [-0.15, -0.1) is 0 Å². The van der Waals surface area contributed by atoms with Crippen LogP contribution in [-0.4, -0.2) is 45.9 Å². The Kier molecular flexibility index (Phi) is 3.87. The number of fused-ring (bicyclic) bond motifs is 1. The Morgan fingerprint density at radius 3 is 2.27 bits per heavy atom. The molecule has 0 N–H and O–H groups in total. The predicted octanol–water partition coefficient (Wildman–Crippen LogP) is 2.04. The Balaban J connectivity index is 1.31. The Morgan fingerprint density at radius 2 is 1.64 bits per heavy atom. The molecule has 4 heterocycles. The maximum absolute atomic E-state index is 4.45. The molecule has 0 radical (unpaired) electrons. The van der Waals surface area contributed by atoms with Crippen molar-refractivity contribution in [2.75, 3.05) is 26.2 Å². The Hall–Kier alpha value is -1.78. The fraction of sp³-hybridized carbons (Fsp3) is 0.444. The first kappa shape index (κ1) is 13.9. The van der Waals surface area contributed by atoms with Crippen LogP contribution in [0, 0.1) is 11.8 Å². The van der Waals surface area contributed by atoms with E-state index >= 15 is 0 Å². The average molecular weight is 294 g/mol. The second-order valence-corrected chi connectivity index (χ2v) is 6.59. The molecular weight excluding hydrogens is 272 g/mol. The first-order valence-corrected chi connectivity index (χ1v) is 8.10. The number of hydrogen-bond donors (Lipinski definition) is 0. The summed E-state index contributed by atoms with van der Waals surface area (Å²) in [5.74, 6) is 1.64. The van der Waals surface area contributed by atoms with Gasteiger partial charge in [-0.1, -0.05) is 12.1 Å². The van der Waals surface area contributed by atoms with Crippen molar-refractivity contribution in [1.29, 1.82) is 0 Å². The third-order valence-corrected chi connectivity index (χ3v) is 4.88. The van der Waals surface area contributed by atoms with Crippen LogP contribution in [0.1, 0.15) is 11.3 Å². The second kappa shape index (κ2) is 6.15. The molecule has 0 unspecified atom stereocenters. The molecule has 22 heavy (non-hydrogen) atoms. The fourth-order valence-corrected chi connectivity index (χ4v) is 3.92. The highest BCUT2D eigenvalue weighted by atomic mass is 15.2. The van der Waals surface area contributed by atoms with E-state index in [1.807, 2.05) is 30.7 Å². The minimum Gasteiger partial charge on any atom is -0.298 e. The first-order chi connectivity index (χ1) is 10.9. The number of rotatable bonds is 4. The summed E-state index contributed by atoms with van der Waals surface area (Å²) in [5.41, 5.74) is 2.52. The summed E-state index contributed by atoms with van der Waals surface area (Å²) in [6.07, 6.45) is 5.72. The van der Waals surface area contributed by atoms with Gasteiger partial charge < -0.3 is 0 Å². The number of pyridine rings is 2. The number of nitrogens with zero attached hydrogens (tertiary/aromatic N) is 4. The molecule has 2 aromatic rings. The van der Waals surface area contributed by atoms with Gasteiger partial charge in [-0.25, -0.2) is 0 Å². The van der Waals surface area contributed by atoms with Crippen LogP contribution in [0.3, 0.4) is 0 Å². The van der Waals surface area contributed by atoms with E-state index < -0.39 is 0 Å². The minimum atomic E-state index is 0.820. The molecule has 0 aromatic carbocycles. The highest BCUT2D eigenvalue weighted by Crippen LogP contribution is 2.32. The van der Waals surface area contributed by atoms with Gasteiger partial charge >= 0.3 is 0 Å². The highest BCUT2D eigenvalue weighted by molar-refractivity contribution is 5.09. The molecule has 2 atom stereocenters. The van der Waals surface area contributed by atoms with Crippen LogP contribution in [-0.2, 0) is 13.1 Å². The lowest BCUT2D eigenvalue weighted by Crippen LogP contribution is -2.28. The largest absolute Gasteiger partial charge is 0.298 e. The average Bonchev–Trinajstić information content (AvgIpc) is 3.07. The van der Waals surface area contributed by atoms with E-state index in [1.165, 1.54) is 37.4 Å². The van der Waals surface area contributed by atoms with E-state index in [9.17, 15) is 0 Å². The molecule has 2 aromatic heterocycles. The van der Waals surface area contributed by atoms with Crippen molar-refractivity contribution < 1.29 is 0 Å². The lowest BCUT2D eigenvalue weighted by atomic mass is 10.0. The zero-order valence-electron chi connectivity index (χ0n) is 12.8. The molecule has 4 nitrogen and oxygen atoms in total. The SMILES string of the molecule is c1ccc(CN2C[C@@H]3CN(Cc4cccnc4)C[C@H]3C2)nc1. The van der Waals surface area contributed by atoms with Crippen molar-refractivity contribution in [2.45, 2.75) is 13.1 Å². The molecule has 2 aliphatic rings. The molecule has 4 rings (SSSR count). The van der Waals surface area contributed by atoms with Crippen molar-refractivity contribution >= 4 is 0 Å². The van der Waals surface area contributed by atoms with E-state index in [0.717, 1.165) is 24.9 Å². The summed E-state index contributed by atoms with van der Waals surface area (Å²) in [5, 5.41) is 0. The summed E-state index contributed by atoms with van der Waals surface area (Å²) in [7, 11) is 0. The fourth-order valence-electron chi connectivity index (χ4n) is 3.92. The topological polar surface area (TPSA) is 32.3 Å². The van der Waals surface area contributed by atoms with E-state index in [2.05, 4.69) is 38.0 Å². The zero-order valence-corrected chi connectivity index (χ0v) is 12.8. The van der Waals surface area contributed by atoms with Crippen molar-refractivity contribution in [3.05, 3.63) is 60.2 Å². The van der Waals surface area contributed by atoms with Gasteiger partial charge in [-0.05, 0) is 35.6 Å². The summed E-state index contributed by atoms with van der Waals surface area (Å²) in [6.45, 7) is 6.91. The van der Waals surface area contributed by atoms with Crippen molar-refractivity contribution in [1.82, 2.24) is 19.8 Å². The summed E-state index contributed by atoms with van der Waals surface area (Å²) in [4.78, 5) is 13.8. The number of hydrogen-bond acceptors (Lipinski definition) is 4. The van der Waals surface area contributed by atoms with Gasteiger partial charge in [0.25, 0.3) is 0 Å². The number of aromatic nitrogens is 2. The molecule has 2 aliphatic heterocycles. The van der Waals surface area contributed by atoms with Crippen molar-refractivity contribution in [3.8, 4) is 0 Å². The normalized spacial score (nSPS) is 25.5. The van der Waals surface area contributed by atoms with Gasteiger partial charge in [-0.2, -0.15) is 0 Å². The predicted molar refractivity (Wildman–Crippen MR) is 86.0 cm³/mol. The van der Waals surface area contributed by atoms with E-state index in [0.29, 0.717) is 0 Å². The van der Waals surface area contributed by atoms with Crippen LogP contribution in [0.5, 0.6) is 0 Å². The number of likely N-dealkylation sites (tertiary alicyclic amines) is 2. The molecule has 2 saturated heterocycles. The first-order valence-electron chi connectivity index (χ1n) is 8.10. The van der Waals surface area contributed by atoms with Crippen LogP contribution >= 0.6 is 0 Å². The summed E-state index contributed by atoms with van der Waals surface area (Å²) < 4.78 is 0. The zero-order chi connectivity index (χ0) is 14.8. The van der Waals surface area contributed by atoms with E-state index in [4.69, 9.17) is 0 Å². The van der Waals surface area contributed by atoms with Gasteiger partial charge in [-0.3, -0.25) is 19.8 Å². The molecule has 0 bridgehead atoms. The van der Waals surface area contributed by atoms with Crippen molar-refractivity contribution in [2.24, 2.45) is 11.8 Å². The van der Waals surface area contributed by atoms with Gasteiger partial charge in [0.05, 0.1) is 5.69 Å². The van der Waals surface area contributed by atoms with Crippen LogP contribution in [0.4, 0.5) is 0 Å². The second-order valence-electron chi connectivity index (χ2n) is 6.59. The third kappa shape index (κ3) is 3.03. The molecule has 0 amide bonds. The smallest absolute Gasteiger partial charge is 0.0543 e. The standard InChI is InChI=1S/C18H22N4/c1-2-7-20-18(5-1)14-22-12-16-10-21(11-17(16)13-22)9-15-4-3-6-19-8-15/h1-8,16-17H,9-14H2/t16-,17-/m0/s1. The molecular formula is C18H22N4. The quantitative estimate of drug-likeness (QED) is 0.864. The minimum absolute atomic E-state index is 0.820. The maximum Gasteiger partial charge on any atom is 0.0543 e. The highest BCUT2D eigenvalue weighted by Gasteiger charge is 2.39. The summed E-state index contributed by atoms with van der Waals surface area (Å²) in [6, 6.07) is 10.4. The molecule has 2 fully saturated rings. The lowest BCUT2D eigenvalue weighted by Gasteiger charge is -2.21.